The number of anilines is 2. The van der Waals surface area contributed by atoms with Gasteiger partial charge in [0.2, 0.25) is 5.43 Å². The molecule has 0 spiro atoms. The number of benzene rings is 2. The molecule has 162 valence electrons. The largest absolute Gasteiger partial charge is 0.418 e. The summed E-state index contributed by atoms with van der Waals surface area (Å²) in [5.41, 5.74) is -1.41. The first kappa shape index (κ1) is 22.4. The second-order valence-electron chi connectivity index (χ2n) is 6.94. The van der Waals surface area contributed by atoms with Crippen molar-refractivity contribution in [3.63, 3.8) is 0 Å². The van der Waals surface area contributed by atoms with Crippen LogP contribution in [0.15, 0.2) is 53.3 Å². The Morgan fingerprint density at radius 1 is 1.13 bits per heavy atom. The van der Waals surface area contributed by atoms with E-state index >= 15 is 0 Å². The first-order valence-electron chi connectivity index (χ1n) is 9.05. The number of nitrogens with one attached hydrogen (secondary N) is 1. The lowest BCUT2D eigenvalue weighted by Gasteiger charge is -2.19. The molecule has 1 aromatic heterocycles. The minimum Gasteiger partial charge on any atom is -0.376 e. The van der Waals surface area contributed by atoms with Crippen molar-refractivity contribution in [3.05, 3.63) is 80.7 Å². The van der Waals surface area contributed by atoms with Gasteiger partial charge in [0.1, 0.15) is 0 Å². The van der Waals surface area contributed by atoms with Gasteiger partial charge in [0, 0.05) is 30.9 Å². The average Bonchev–Trinajstić information content (AvgIpc) is 2.67. The van der Waals surface area contributed by atoms with E-state index in [1.54, 1.807) is 31.1 Å². The summed E-state index contributed by atoms with van der Waals surface area (Å²) >= 11 is 6.01. The molecule has 0 aliphatic rings. The molecule has 1 heterocycles. The summed E-state index contributed by atoms with van der Waals surface area (Å²) < 4.78 is 41.3. The van der Waals surface area contributed by atoms with E-state index in [9.17, 15) is 22.8 Å². The quantitative estimate of drug-likeness (QED) is 0.634. The molecule has 0 bridgehead atoms. The number of para-hydroxylation sites is 1. The molecule has 2 aromatic carbocycles. The Morgan fingerprint density at radius 2 is 1.81 bits per heavy atom. The van der Waals surface area contributed by atoms with E-state index in [4.69, 9.17) is 11.6 Å². The van der Waals surface area contributed by atoms with Crippen molar-refractivity contribution in [1.82, 2.24) is 9.78 Å². The molecule has 6 nitrogen and oxygen atoms in total. The molecule has 0 saturated heterocycles. The molecule has 0 saturated carbocycles. The van der Waals surface area contributed by atoms with Gasteiger partial charge in [-0.15, -0.1) is 0 Å². The van der Waals surface area contributed by atoms with Crippen molar-refractivity contribution in [2.45, 2.75) is 13.1 Å². The van der Waals surface area contributed by atoms with Crippen molar-refractivity contribution in [1.29, 1.82) is 0 Å². The minimum atomic E-state index is -4.64. The van der Waals surface area contributed by atoms with E-state index in [0.29, 0.717) is 16.4 Å². The standard InChI is InChI=1S/C21H18ClF3N4O2/c1-12-10-18(30)19(20(31)26-15-11-13(22)8-9-17(15)28(2)3)27-29(12)16-7-5-4-6-14(16)21(23,24)25/h4-11H,1-3H3,(H,26,31). The third-order valence-corrected chi connectivity index (χ3v) is 4.68. The van der Waals surface area contributed by atoms with Gasteiger partial charge in [-0.1, -0.05) is 23.7 Å². The number of hydrogen-bond donors (Lipinski definition) is 1. The molecular formula is C21H18ClF3N4O2. The van der Waals surface area contributed by atoms with Crippen molar-refractivity contribution in [3.8, 4) is 5.69 Å². The Balaban J connectivity index is 2.09. The van der Waals surface area contributed by atoms with Crippen LogP contribution in [0.1, 0.15) is 21.7 Å². The molecule has 0 aliphatic carbocycles. The van der Waals surface area contributed by atoms with Crippen molar-refractivity contribution in [2.75, 3.05) is 24.3 Å². The van der Waals surface area contributed by atoms with Gasteiger partial charge in [-0.05, 0) is 37.3 Å². The highest BCUT2D eigenvalue weighted by Crippen LogP contribution is 2.33. The summed E-state index contributed by atoms with van der Waals surface area (Å²) in [5.74, 6) is -0.867. The van der Waals surface area contributed by atoms with Crippen LogP contribution in [0.2, 0.25) is 5.02 Å². The van der Waals surface area contributed by atoms with Crippen LogP contribution in [-0.2, 0) is 6.18 Å². The van der Waals surface area contributed by atoms with Gasteiger partial charge < -0.3 is 10.2 Å². The molecule has 3 aromatic rings. The van der Waals surface area contributed by atoms with E-state index in [2.05, 4.69) is 10.4 Å². The van der Waals surface area contributed by atoms with Crippen molar-refractivity contribution < 1.29 is 18.0 Å². The van der Waals surface area contributed by atoms with Gasteiger partial charge in [0.05, 0.1) is 22.6 Å². The van der Waals surface area contributed by atoms with Gasteiger partial charge in [-0.3, -0.25) is 9.59 Å². The van der Waals surface area contributed by atoms with E-state index in [1.165, 1.54) is 31.2 Å². The van der Waals surface area contributed by atoms with Gasteiger partial charge >= 0.3 is 6.18 Å². The van der Waals surface area contributed by atoms with Gasteiger partial charge in [0.25, 0.3) is 5.91 Å². The smallest absolute Gasteiger partial charge is 0.376 e. The zero-order valence-corrected chi connectivity index (χ0v) is 17.5. The third-order valence-electron chi connectivity index (χ3n) is 4.45. The number of hydrogen-bond acceptors (Lipinski definition) is 4. The summed E-state index contributed by atoms with van der Waals surface area (Å²) in [5, 5.41) is 6.88. The molecule has 1 N–H and O–H groups in total. The lowest BCUT2D eigenvalue weighted by Crippen LogP contribution is -2.28. The molecule has 3 rings (SSSR count). The Hall–Kier alpha value is -3.33. The normalized spacial score (nSPS) is 11.3. The van der Waals surface area contributed by atoms with Gasteiger partial charge in [-0.25, -0.2) is 4.68 Å². The van der Waals surface area contributed by atoms with E-state index in [0.717, 1.165) is 16.8 Å². The number of carbonyl (C=O) groups is 1. The molecule has 0 aliphatic heterocycles. The maximum absolute atomic E-state index is 13.5. The van der Waals surface area contributed by atoms with E-state index < -0.39 is 28.8 Å². The van der Waals surface area contributed by atoms with Crippen LogP contribution in [0.3, 0.4) is 0 Å². The molecule has 1 amide bonds. The number of carbonyl (C=O) groups excluding carboxylic acids is 1. The Labute approximate surface area is 180 Å². The summed E-state index contributed by atoms with van der Waals surface area (Å²) in [6, 6.07) is 10.7. The number of alkyl halides is 3. The van der Waals surface area contributed by atoms with Crippen LogP contribution >= 0.6 is 11.6 Å². The second kappa shape index (κ2) is 8.43. The number of aromatic nitrogens is 2. The predicted molar refractivity (Wildman–Crippen MR) is 113 cm³/mol. The fourth-order valence-electron chi connectivity index (χ4n) is 3.03. The van der Waals surface area contributed by atoms with Gasteiger partial charge in [-0.2, -0.15) is 18.3 Å². The zero-order valence-electron chi connectivity index (χ0n) is 16.8. The molecule has 10 heteroatoms. The first-order chi connectivity index (χ1) is 14.5. The highest BCUT2D eigenvalue weighted by atomic mass is 35.5. The first-order valence-corrected chi connectivity index (χ1v) is 9.42. The van der Waals surface area contributed by atoms with Crippen LogP contribution < -0.4 is 15.6 Å². The van der Waals surface area contributed by atoms with Gasteiger partial charge in [0.15, 0.2) is 5.69 Å². The van der Waals surface area contributed by atoms with Crippen LogP contribution in [0.5, 0.6) is 0 Å². The Morgan fingerprint density at radius 3 is 2.45 bits per heavy atom. The van der Waals surface area contributed by atoms with Crippen LogP contribution in [0.4, 0.5) is 24.5 Å². The molecule has 0 atom stereocenters. The highest BCUT2D eigenvalue weighted by molar-refractivity contribution is 6.31. The van der Waals surface area contributed by atoms with Crippen LogP contribution in [0, 0.1) is 6.92 Å². The summed E-state index contributed by atoms with van der Waals surface area (Å²) in [6.45, 7) is 1.43. The number of amides is 1. The second-order valence-corrected chi connectivity index (χ2v) is 7.37. The molecule has 0 fully saturated rings. The summed E-state index contributed by atoms with van der Waals surface area (Å²) in [6.07, 6.45) is -4.64. The van der Waals surface area contributed by atoms with Crippen molar-refractivity contribution in [2.24, 2.45) is 0 Å². The maximum atomic E-state index is 13.5. The maximum Gasteiger partial charge on any atom is 0.418 e. The van der Waals surface area contributed by atoms with E-state index in [1.807, 2.05) is 0 Å². The number of nitrogens with zero attached hydrogens (tertiary/aromatic N) is 3. The van der Waals surface area contributed by atoms with Crippen LogP contribution in [0.25, 0.3) is 5.69 Å². The predicted octanol–water partition coefficient (Wildman–Crippen LogP) is 4.53. The lowest BCUT2D eigenvalue weighted by atomic mass is 10.1. The monoisotopic (exact) mass is 450 g/mol. The Bertz CT molecular complexity index is 1210. The van der Waals surface area contributed by atoms with Crippen molar-refractivity contribution >= 4 is 28.9 Å². The summed E-state index contributed by atoms with van der Waals surface area (Å²) in [4.78, 5) is 27.0. The molecule has 31 heavy (non-hydrogen) atoms. The Kier molecular flexibility index (Phi) is 6.08. The minimum absolute atomic E-state index is 0.148. The topological polar surface area (TPSA) is 67.2 Å². The lowest BCUT2D eigenvalue weighted by molar-refractivity contribution is -0.137. The SMILES string of the molecule is Cc1cc(=O)c(C(=O)Nc2cc(Cl)ccc2N(C)C)nn1-c1ccccc1C(F)(F)F. The average molecular weight is 451 g/mol. The fourth-order valence-corrected chi connectivity index (χ4v) is 3.20. The highest BCUT2D eigenvalue weighted by Gasteiger charge is 2.34. The number of halogens is 4. The zero-order chi connectivity index (χ0) is 22.9. The number of aryl methyl sites for hydroxylation is 1. The molecule has 0 radical (unpaired) electrons. The number of rotatable bonds is 4. The summed E-state index contributed by atoms with van der Waals surface area (Å²) in [7, 11) is 3.51. The third kappa shape index (κ3) is 4.72. The van der Waals surface area contributed by atoms with Crippen LogP contribution in [-0.4, -0.2) is 29.8 Å². The fraction of sp³-hybridized carbons (Fsp3) is 0.190. The molecule has 0 unspecified atom stereocenters. The molecular weight excluding hydrogens is 433 g/mol. The van der Waals surface area contributed by atoms with E-state index in [-0.39, 0.29) is 11.4 Å².